The first kappa shape index (κ1) is 12.1. The van der Waals surface area contributed by atoms with E-state index in [1.165, 1.54) is 4.52 Å². The van der Waals surface area contributed by atoms with Crippen molar-refractivity contribution in [3.8, 4) is 0 Å². The zero-order chi connectivity index (χ0) is 13.1. The zero-order valence-electron chi connectivity index (χ0n) is 9.67. The van der Waals surface area contributed by atoms with Crippen molar-refractivity contribution in [3.63, 3.8) is 0 Å². The number of nitrogens with zero attached hydrogens (tertiary/aromatic N) is 4. The molecular formula is C10H12FN5O2. The van der Waals surface area contributed by atoms with Crippen molar-refractivity contribution >= 4 is 23.4 Å². The van der Waals surface area contributed by atoms with Crippen LogP contribution in [0.15, 0.2) is 18.3 Å². The van der Waals surface area contributed by atoms with Crippen LogP contribution >= 0.6 is 0 Å². The van der Waals surface area contributed by atoms with Crippen molar-refractivity contribution in [2.45, 2.75) is 0 Å². The van der Waals surface area contributed by atoms with Gasteiger partial charge in [-0.1, -0.05) is 0 Å². The Balaban J connectivity index is 2.30. The van der Waals surface area contributed by atoms with E-state index in [2.05, 4.69) is 15.4 Å². The number of anilines is 2. The maximum Gasteiger partial charge on any atom is 0.409 e. The SMILES string of the molecule is CN(CCF)c1nc2cc(NC(=O)O)ccn2n1. The summed E-state index contributed by atoms with van der Waals surface area (Å²) in [6, 6.07) is 3.11. The normalized spacial score (nSPS) is 10.6. The first-order chi connectivity index (χ1) is 8.60. The van der Waals surface area contributed by atoms with E-state index in [1.54, 1.807) is 30.3 Å². The molecular weight excluding hydrogens is 241 g/mol. The molecule has 0 fully saturated rings. The van der Waals surface area contributed by atoms with Gasteiger partial charge in [0.2, 0.25) is 5.95 Å². The molecule has 2 N–H and O–H groups in total. The molecule has 18 heavy (non-hydrogen) atoms. The lowest BCUT2D eigenvalue weighted by molar-refractivity contribution is 0.210. The Morgan fingerprint density at radius 2 is 2.44 bits per heavy atom. The summed E-state index contributed by atoms with van der Waals surface area (Å²) in [6.45, 7) is -0.283. The number of carboxylic acid groups (broad SMARTS) is 1. The largest absolute Gasteiger partial charge is 0.465 e. The molecule has 0 aliphatic carbocycles. The van der Waals surface area contributed by atoms with Crippen molar-refractivity contribution in [1.29, 1.82) is 0 Å². The molecule has 1 amide bonds. The highest BCUT2D eigenvalue weighted by Gasteiger charge is 2.09. The fourth-order valence-corrected chi connectivity index (χ4v) is 1.46. The molecule has 2 rings (SSSR count). The fourth-order valence-electron chi connectivity index (χ4n) is 1.46. The van der Waals surface area contributed by atoms with Crippen LogP contribution in [0.25, 0.3) is 5.65 Å². The van der Waals surface area contributed by atoms with E-state index in [1.807, 2.05) is 0 Å². The van der Waals surface area contributed by atoms with Crippen molar-refractivity contribution in [1.82, 2.24) is 14.6 Å². The summed E-state index contributed by atoms with van der Waals surface area (Å²) in [6.07, 6.45) is 0.439. The molecule has 7 nitrogen and oxygen atoms in total. The summed E-state index contributed by atoms with van der Waals surface area (Å²) in [5, 5.41) is 15.0. The number of halogens is 1. The predicted molar refractivity (Wildman–Crippen MR) is 63.9 cm³/mol. The summed E-state index contributed by atoms with van der Waals surface area (Å²) in [7, 11) is 1.69. The second kappa shape index (κ2) is 4.86. The van der Waals surface area contributed by atoms with Crippen molar-refractivity contribution in [2.75, 3.05) is 30.5 Å². The Hall–Kier alpha value is -2.38. The van der Waals surface area contributed by atoms with Gasteiger partial charge in [0, 0.05) is 31.5 Å². The molecule has 0 unspecified atom stereocenters. The second-order valence-electron chi connectivity index (χ2n) is 3.67. The van der Waals surface area contributed by atoms with E-state index in [9.17, 15) is 9.18 Å². The number of alkyl halides is 1. The van der Waals surface area contributed by atoms with Crippen LogP contribution in [0.5, 0.6) is 0 Å². The number of hydrogen-bond acceptors (Lipinski definition) is 4. The first-order valence-corrected chi connectivity index (χ1v) is 5.23. The monoisotopic (exact) mass is 253 g/mol. The highest BCUT2D eigenvalue weighted by molar-refractivity contribution is 5.83. The third-order valence-electron chi connectivity index (χ3n) is 2.34. The third-order valence-corrected chi connectivity index (χ3v) is 2.34. The molecule has 0 saturated carbocycles. The Morgan fingerprint density at radius 3 is 3.11 bits per heavy atom. The quantitative estimate of drug-likeness (QED) is 0.856. The smallest absolute Gasteiger partial charge is 0.409 e. The number of fused-ring (bicyclic) bond motifs is 1. The molecule has 8 heteroatoms. The van der Waals surface area contributed by atoms with Gasteiger partial charge in [-0.05, 0) is 6.07 Å². The van der Waals surface area contributed by atoms with E-state index in [-0.39, 0.29) is 6.54 Å². The van der Waals surface area contributed by atoms with Crippen LogP contribution < -0.4 is 10.2 Å². The van der Waals surface area contributed by atoms with Crippen molar-refractivity contribution < 1.29 is 14.3 Å². The molecule has 96 valence electrons. The minimum Gasteiger partial charge on any atom is -0.465 e. The summed E-state index contributed by atoms with van der Waals surface area (Å²) >= 11 is 0. The average Bonchev–Trinajstić information content (AvgIpc) is 2.71. The van der Waals surface area contributed by atoms with Crippen LogP contribution in [-0.2, 0) is 0 Å². The van der Waals surface area contributed by atoms with E-state index < -0.39 is 12.8 Å². The number of pyridine rings is 1. The van der Waals surface area contributed by atoms with Crippen LogP contribution in [0.2, 0.25) is 0 Å². The second-order valence-corrected chi connectivity index (χ2v) is 3.67. The number of nitrogens with one attached hydrogen (secondary N) is 1. The van der Waals surface area contributed by atoms with E-state index >= 15 is 0 Å². The Kier molecular flexibility index (Phi) is 3.26. The molecule has 0 saturated heterocycles. The van der Waals surface area contributed by atoms with Gasteiger partial charge in [0.25, 0.3) is 0 Å². The number of carbonyl (C=O) groups is 1. The van der Waals surface area contributed by atoms with E-state index in [4.69, 9.17) is 5.11 Å². The van der Waals surface area contributed by atoms with Gasteiger partial charge in [-0.2, -0.15) is 4.98 Å². The van der Waals surface area contributed by atoms with E-state index in [0.717, 1.165) is 0 Å². The third kappa shape index (κ3) is 2.47. The molecule has 0 aliphatic rings. The van der Waals surface area contributed by atoms with E-state index in [0.29, 0.717) is 17.3 Å². The van der Waals surface area contributed by atoms with Crippen molar-refractivity contribution in [2.24, 2.45) is 0 Å². The van der Waals surface area contributed by atoms with Crippen LogP contribution in [-0.4, -0.2) is 46.1 Å². The lowest BCUT2D eigenvalue weighted by atomic mass is 10.4. The predicted octanol–water partition coefficient (Wildman–Crippen LogP) is 1.22. The van der Waals surface area contributed by atoms with Gasteiger partial charge in [-0.15, -0.1) is 5.10 Å². The molecule has 0 aromatic carbocycles. The van der Waals surface area contributed by atoms with Crippen LogP contribution in [0.1, 0.15) is 0 Å². The highest BCUT2D eigenvalue weighted by Crippen LogP contribution is 2.13. The van der Waals surface area contributed by atoms with Gasteiger partial charge in [0.05, 0.1) is 0 Å². The lowest BCUT2D eigenvalue weighted by Gasteiger charge is -2.10. The van der Waals surface area contributed by atoms with Crippen LogP contribution in [0, 0.1) is 0 Å². The number of aromatic nitrogens is 3. The fraction of sp³-hybridized carbons (Fsp3) is 0.300. The Labute approximate surface area is 102 Å². The van der Waals surface area contributed by atoms with Gasteiger partial charge in [-0.25, -0.2) is 13.7 Å². The molecule has 0 radical (unpaired) electrons. The standard InChI is InChI=1S/C10H12FN5O2/c1-15(5-3-11)9-13-8-6-7(12-10(17)18)2-4-16(8)14-9/h2,4,6,12H,3,5H2,1H3,(H,17,18). The van der Waals surface area contributed by atoms with Gasteiger partial charge in [0.15, 0.2) is 5.65 Å². The number of amides is 1. The summed E-state index contributed by atoms with van der Waals surface area (Å²) in [5.41, 5.74) is 0.893. The molecule has 2 heterocycles. The number of rotatable bonds is 4. The summed E-state index contributed by atoms with van der Waals surface area (Å²) in [4.78, 5) is 16.3. The molecule has 0 spiro atoms. The lowest BCUT2D eigenvalue weighted by Crippen LogP contribution is -2.21. The van der Waals surface area contributed by atoms with Gasteiger partial charge in [-0.3, -0.25) is 5.32 Å². The summed E-state index contributed by atoms with van der Waals surface area (Å²) < 4.78 is 13.7. The maximum absolute atomic E-state index is 12.2. The zero-order valence-corrected chi connectivity index (χ0v) is 9.67. The van der Waals surface area contributed by atoms with Gasteiger partial charge in [0.1, 0.15) is 6.67 Å². The number of hydrogen-bond donors (Lipinski definition) is 2. The highest BCUT2D eigenvalue weighted by atomic mass is 19.1. The first-order valence-electron chi connectivity index (χ1n) is 5.23. The minimum absolute atomic E-state index is 0.205. The van der Waals surface area contributed by atoms with Crippen LogP contribution in [0.3, 0.4) is 0 Å². The van der Waals surface area contributed by atoms with Crippen LogP contribution in [0.4, 0.5) is 20.8 Å². The average molecular weight is 253 g/mol. The maximum atomic E-state index is 12.2. The topological polar surface area (TPSA) is 82.8 Å². The summed E-state index contributed by atoms with van der Waals surface area (Å²) in [5.74, 6) is 0.389. The Bertz CT molecular complexity index is 570. The minimum atomic E-state index is -1.14. The molecule has 0 bridgehead atoms. The van der Waals surface area contributed by atoms with Gasteiger partial charge >= 0.3 is 6.09 Å². The molecule has 0 atom stereocenters. The van der Waals surface area contributed by atoms with Gasteiger partial charge < -0.3 is 10.0 Å². The molecule has 0 aliphatic heterocycles. The Morgan fingerprint density at radius 1 is 1.67 bits per heavy atom. The molecule has 2 aromatic heterocycles. The molecule has 2 aromatic rings. The van der Waals surface area contributed by atoms with Crippen molar-refractivity contribution in [3.05, 3.63) is 18.3 Å².